The van der Waals surface area contributed by atoms with Crippen molar-refractivity contribution in [3.8, 4) is 0 Å². The van der Waals surface area contributed by atoms with E-state index in [0.29, 0.717) is 0 Å². The lowest BCUT2D eigenvalue weighted by molar-refractivity contribution is 0.295. The minimum Gasteiger partial charge on any atom is -0.316 e. The van der Waals surface area contributed by atoms with Crippen molar-refractivity contribution in [3.05, 3.63) is 0 Å². The van der Waals surface area contributed by atoms with Gasteiger partial charge in [-0.2, -0.15) is 0 Å². The summed E-state index contributed by atoms with van der Waals surface area (Å²) in [5.41, 5.74) is 0. The Morgan fingerprint density at radius 1 is 1.38 bits per heavy atom. The maximum absolute atomic E-state index is 3.53. The molecule has 1 nitrogen and oxygen atoms in total. The van der Waals surface area contributed by atoms with E-state index in [1.165, 1.54) is 38.8 Å². The first kappa shape index (κ1) is 9.51. The Balaban J connectivity index is 0.000000980. The summed E-state index contributed by atoms with van der Waals surface area (Å²) >= 11 is 0. The second-order valence-electron chi connectivity index (χ2n) is 5.13. The summed E-state index contributed by atoms with van der Waals surface area (Å²) in [6, 6.07) is 0. The molecule has 0 aromatic carbocycles. The molecule has 1 heteroatoms. The molecule has 1 saturated carbocycles. The van der Waals surface area contributed by atoms with Gasteiger partial charge in [0.25, 0.3) is 0 Å². The molecule has 1 aliphatic carbocycles. The average molecular weight is 183 g/mol. The van der Waals surface area contributed by atoms with Crippen molar-refractivity contribution in [1.29, 1.82) is 0 Å². The van der Waals surface area contributed by atoms with Gasteiger partial charge in [-0.25, -0.2) is 0 Å². The van der Waals surface area contributed by atoms with Gasteiger partial charge in [0.1, 0.15) is 0 Å². The Morgan fingerprint density at radius 3 is 2.85 bits per heavy atom. The quantitative estimate of drug-likeness (QED) is 0.694. The minimum atomic E-state index is 0. The van der Waals surface area contributed by atoms with Crippen LogP contribution in [0, 0.1) is 23.7 Å². The summed E-state index contributed by atoms with van der Waals surface area (Å²) in [6.07, 6.45) is 5.85. The Bertz CT molecular complexity index is 158. The third-order valence-corrected chi connectivity index (χ3v) is 4.42. The Morgan fingerprint density at radius 2 is 2.15 bits per heavy atom. The molecular formula is C12H25N. The zero-order valence-corrected chi connectivity index (χ0v) is 9.05. The van der Waals surface area contributed by atoms with E-state index in [9.17, 15) is 0 Å². The highest BCUT2D eigenvalue weighted by Gasteiger charge is 2.36. The Labute approximate surface area is 83.8 Å². The molecule has 0 amide bonds. The zero-order chi connectivity index (χ0) is 9.26. The largest absolute Gasteiger partial charge is 0.316 e. The zero-order valence-electron chi connectivity index (χ0n) is 9.05. The van der Waals surface area contributed by atoms with Gasteiger partial charge in [-0.05, 0) is 56.0 Å². The van der Waals surface area contributed by atoms with E-state index in [1.54, 1.807) is 0 Å². The lowest BCUT2D eigenvalue weighted by atomic mass is 9.89. The van der Waals surface area contributed by atoms with Gasteiger partial charge in [0.05, 0.1) is 0 Å². The van der Waals surface area contributed by atoms with Gasteiger partial charge in [0.15, 0.2) is 0 Å². The predicted octanol–water partition coefficient (Wildman–Crippen LogP) is 2.91. The van der Waals surface area contributed by atoms with Crippen LogP contribution in [0.3, 0.4) is 0 Å². The molecule has 2 aliphatic rings. The van der Waals surface area contributed by atoms with Gasteiger partial charge in [-0.3, -0.25) is 0 Å². The molecule has 4 atom stereocenters. The Kier molecular flexibility index (Phi) is 2.92. The first-order valence-electron chi connectivity index (χ1n) is 6.02. The minimum absolute atomic E-state index is 0. The highest BCUT2D eigenvalue weighted by molar-refractivity contribution is 4.89. The molecule has 1 aliphatic heterocycles. The molecule has 0 aromatic heterocycles. The number of nitrogens with one attached hydrogen (secondary N) is 1. The van der Waals surface area contributed by atoms with Crippen LogP contribution in [0.2, 0.25) is 0 Å². The summed E-state index contributed by atoms with van der Waals surface area (Å²) in [5.74, 6) is 4.10. The van der Waals surface area contributed by atoms with E-state index in [1.807, 2.05) is 0 Å². The smallest absolute Gasteiger partial charge is 0 e. The van der Waals surface area contributed by atoms with Crippen LogP contribution in [0.5, 0.6) is 0 Å². The van der Waals surface area contributed by atoms with E-state index in [0.717, 1.165) is 23.7 Å². The molecule has 78 valence electrons. The Hall–Kier alpha value is -0.0400. The van der Waals surface area contributed by atoms with Gasteiger partial charge >= 0.3 is 0 Å². The van der Waals surface area contributed by atoms with Gasteiger partial charge in [0.2, 0.25) is 0 Å². The molecule has 0 spiro atoms. The van der Waals surface area contributed by atoms with Crippen LogP contribution >= 0.6 is 0 Å². The molecule has 4 unspecified atom stereocenters. The van der Waals surface area contributed by atoms with Crippen LogP contribution in [-0.4, -0.2) is 13.1 Å². The monoisotopic (exact) mass is 183 g/mol. The summed E-state index contributed by atoms with van der Waals surface area (Å²) in [7, 11) is 0. The van der Waals surface area contributed by atoms with E-state index < -0.39 is 0 Å². The number of hydrogen-bond acceptors (Lipinski definition) is 1. The topological polar surface area (TPSA) is 12.0 Å². The van der Waals surface area contributed by atoms with Crippen molar-refractivity contribution >= 4 is 0 Å². The standard InChI is InChI=1S/C12H23N.H2/c1-3-9(2)11-6-10-4-5-13-8-12(10)7-11;/h9-13H,3-8H2,1-2H3;1H. The first-order valence-corrected chi connectivity index (χ1v) is 6.02. The van der Waals surface area contributed by atoms with Crippen LogP contribution in [0.1, 0.15) is 41.0 Å². The fraction of sp³-hybridized carbons (Fsp3) is 1.00. The first-order chi connectivity index (χ1) is 6.31. The summed E-state index contributed by atoms with van der Waals surface area (Å²) < 4.78 is 0. The summed E-state index contributed by atoms with van der Waals surface area (Å²) in [6.45, 7) is 7.35. The number of hydrogen-bond donors (Lipinski definition) is 1. The normalized spacial score (nSPS) is 41.5. The van der Waals surface area contributed by atoms with Crippen molar-refractivity contribution in [2.45, 2.75) is 39.5 Å². The fourth-order valence-electron chi connectivity index (χ4n) is 3.24. The van der Waals surface area contributed by atoms with Crippen LogP contribution in [0.4, 0.5) is 0 Å². The van der Waals surface area contributed by atoms with Gasteiger partial charge in [0, 0.05) is 1.43 Å². The number of piperidine rings is 1. The molecule has 13 heavy (non-hydrogen) atoms. The molecule has 1 saturated heterocycles. The highest BCUT2D eigenvalue weighted by atomic mass is 14.9. The summed E-state index contributed by atoms with van der Waals surface area (Å²) in [4.78, 5) is 0. The summed E-state index contributed by atoms with van der Waals surface area (Å²) in [5, 5.41) is 3.53. The SMILES string of the molecule is CCC(C)C1CC2CCNCC2C1.[HH]. The number of rotatable bonds is 2. The van der Waals surface area contributed by atoms with E-state index in [-0.39, 0.29) is 1.43 Å². The van der Waals surface area contributed by atoms with Crippen LogP contribution in [-0.2, 0) is 0 Å². The van der Waals surface area contributed by atoms with Crippen LogP contribution in [0.25, 0.3) is 0 Å². The molecule has 0 bridgehead atoms. The van der Waals surface area contributed by atoms with Gasteiger partial charge < -0.3 is 5.32 Å². The molecule has 2 fully saturated rings. The lowest BCUT2D eigenvalue weighted by Crippen LogP contribution is -2.33. The van der Waals surface area contributed by atoms with Crippen LogP contribution < -0.4 is 5.32 Å². The van der Waals surface area contributed by atoms with Crippen molar-refractivity contribution in [1.82, 2.24) is 5.32 Å². The fourth-order valence-corrected chi connectivity index (χ4v) is 3.24. The molecular weight excluding hydrogens is 158 g/mol. The second-order valence-corrected chi connectivity index (χ2v) is 5.13. The van der Waals surface area contributed by atoms with Crippen molar-refractivity contribution in [2.24, 2.45) is 23.7 Å². The van der Waals surface area contributed by atoms with E-state index in [2.05, 4.69) is 19.2 Å². The van der Waals surface area contributed by atoms with Crippen molar-refractivity contribution < 1.29 is 1.43 Å². The molecule has 2 rings (SSSR count). The maximum Gasteiger partial charge on any atom is 0 e. The predicted molar refractivity (Wildman–Crippen MR) is 58.8 cm³/mol. The lowest BCUT2D eigenvalue weighted by Gasteiger charge is -2.25. The molecule has 1 N–H and O–H groups in total. The van der Waals surface area contributed by atoms with Gasteiger partial charge in [-0.1, -0.05) is 20.3 Å². The highest BCUT2D eigenvalue weighted by Crippen LogP contribution is 2.43. The third-order valence-electron chi connectivity index (χ3n) is 4.42. The third kappa shape index (κ3) is 1.90. The van der Waals surface area contributed by atoms with E-state index in [4.69, 9.17) is 0 Å². The second kappa shape index (κ2) is 4.00. The number of fused-ring (bicyclic) bond motifs is 1. The van der Waals surface area contributed by atoms with Crippen molar-refractivity contribution in [2.75, 3.05) is 13.1 Å². The molecule has 0 radical (unpaired) electrons. The maximum atomic E-state index is 3.53. The van der Waals surface area contributed by atoms with Crippen LogP contribution in [0.15, 0.2) is 0 Å². The van der Waals surface area contributed by atoms with Gasteiger partial charge in [-0.15, -0.1) is 0 Å². The molecule has 1 heterocycles. The van der Waals surface area contributed by atoms with E-state index >= 15 is 0 Å². The average Bonchev–Trinajstić information content (AvgIpc) is 2.59. The molecule has 0 aromatic rings. The van der Waals surface area contributed by atoms with Crippen molar-refractivity contribution in [3.63, 3.8) is 0 Å².